The van der Waals surface area contributed by atoms with Crippen LogP contribution in [-0.2, 0) is 5.41 Å². The van der Waals surface area contributed by atoms with E-state index >= 15 is 0 Å². The summed E-state index contributed by atoms with van der Waals surface area (Å²) in [5, 5.41) is 10.2. The molecule has 0 fully saturated rings. The molecule has 2 aromatic rings. The maximum atomic E-state index is 13.6. The molecular formula is C15H16F2OS. The van der Waals surface area contributed by atoms with Crippen LogP contribution in [0.5, 0.6) is 0 Å². The number of thiophene rings is 1. The molecule has 1 atom stereocenters. The summed E-state index contributed by atoms with van der Waals surface area (Å²) in [6.45, 7) is 6.16. The van der Waals surface area contributed by atoms with Crippen molar-refractivity contribution in [1.29, 1.82) is 0 Å². The highest BCUT2D eigenvalue weighted by atomic mass is 32.1. The number of hydrogen-bond donors (Lipinski definition) is 1. The highest BCUT2D eigenvalue weighted by molar-refractivity contribution is 7.12. The second-order valence-electron chi connectivity index (χ2n) is 5.49. The summed E-state index contributed by atoms with van der Waals surface area (Å²) in [5.41, 5.74) is -0.332. The van der Waals surface area contributed by atoms with Gasteiger partial charge in [-0.05, 0) is 29.7 Å². The number of benzene rings is 1. The first-order valence-corrected chi connectivity index (χ1v) is 6.84. The Bertz CT molecular complexity index is 564. The van der Waals surface area contributed by atoms with Crippen LogP contribution in [0, 0.1) is 11.6 Å². The molecule has 0 bridgehead atoms. The predicted molar refractivity (Wildman–Crippen MR) is 73.4 cm³/mol. The van der Waals surface area contributed by atoms with E-state index in [2.05, 4.69) is 20.8 Å². The Morgan fingerprint density at radius 3 is 2.11 bits per heavy atom. The summed E-state index contributed by atoms with van der Waals surface area (Å²) in [7, 11) is 0. The molecule has 2 rings (SSSR count). The van der Waals surface area contributed by atoms with Gasteiger partial charge < -0.3 is 5.11 Å². The minimum atomic E-state index is -1.26. The number of aliphatic hydroxyl groups is 1. The van der Waals surface area contributed by atoms with Crippen molar-refractivity contribution < 1.29 is 13.9 Å². The fourth-order valence-electron chi connectivity index (χ4n) is 1.82. The molecule has 1 N–H and O–H groups in total. The maximum absolute atomic E-state index is 13.6. The number of hydrogen-bond acceptors (Lipinski definition) is 2. The van der Waals surface area contributed by atoms with Crippen LogP contribution in [0.25, 0.3) is 0 Å². The minimum absolute atomic E-state index is 0.0452. The van der Waals surface area contributed by atoms with Crippen molar-refractivity contribution in [1.82, 2.24) is 0 Å². The molecule has 0 amide bonds. The van der Waals surface area contributed by atoms with E-state index in [1.165, 1.54) is 17.4 Å². The Hall–Kier alpha value is -1.26. The molecule has 0 spiro atoms. The van der Waals surface area contributed by atoms with E-state index in [0.717, 1.165) is 17.0 Å². The standard InChI is InChI=1S/C15H16F2OS/c1-15(2,3)12-8-7-11(19-12)14(18)13-9(16)5-4-6-10(13)17/h4-8,14,18H,1-3H3. The Kier molecular flexibility index (Phi) is 3.74. The smallest absolute Gasteiger partial charge is 0.132 e. The molecule has 1 unspecified atom stereocenters. The van der Waals surface area contributed by atoms with E-state index in [1.807, 2.05) is 6.07 Å². The van der Waals surface area contributed by atoms with E-state index < -0.39 is 17.7 Å². The number of rotatable bonds is 2. The molecule has 0 saturated heterocycles. The molecule has 1 aromatic carbocycles. The van der Waals surface area contributed by atoms with Crippen molar-refractivity contribution in [2.75, 3.05) is 0 Å². The highest BCUT2D eigenvalue weighted by Gasteiger charge is 2.23. The van der Waals surface area contributed by atoms with Crippen molar-refractivity contribution in [3.8, 4) is 0 Å². The summed E-state index contributed by atoms with van der Waals surface area (Å²) in [5.74, 6) is -1.45. The van der Waals surface area contributed by atoms with Crippen LogP contribution in [0.1, 0.15) is 42.2 Å². The zero-order valence-electron chi connectivity index (χ0n) is 11.1. The molecule has 1 aromatic heterocycles. The Morgan fingerprint density at radius 2 is 1.63 bits per heavy atom. The van der Waals surface area contributed by atoms with Gasteiger partial charge in [0.05, 0.1) is 5.56 Å². The molecule has 4 heteroatoms. The van der Waals surface area contributed by atoms with Gasteiger partial charge in [0.2, 0.25) is 0 Å². The minimum Gasteiger partial charge on any atom is -0.383 e. The quantitative estimate of drug-likeness (QED) is 0.865. The molecule has 0 radical (unpaired) electrons. The summed E-state index contributed by atoms with van der Waals surface area (Å²) < 4.78 is 27.3. The first kappa shape index (κ1) is 14.2. The molecule has 1 nitrogen and oxygen atoms in total. The normalized spacial score (nSPS) is 13.6. The topological polar surface area (TPSA) is 20.2 Å². The third-order valence-electron chi connectivity index (χ3n) is 2.91. The molecule has 102 valence electrons. The van der Waals surface area contributed by atoms with Gasteiger partial charge in [0, 0.05) is 9.75 Å². The third-order valence-corrected chi connectivity index (χ3v) is 4.47. The van der Waals surface area contributed by atoms with Crippen LogP contribution in [0.15, 0.2) is 30.3 Å². The highest BCUT2D eigenvalue weighted by Crippen LogP contribution is 2.35. The molecule has 19 heavy (non-hydrogen) atoms. The first-order valence-electron chi connectivity index (χ1n) is 6.03. The van der Waals surface area contributed by atoms with Crippen LogP contribution in [0.4, 0.5) is 8.78 Å². The molecule has 0 saturated carbocycles. The van der Waals surface area contributed by atoms with Crippen LogP contribution in [0.3, 0.4) is 0 Å². The second kappa shape index (κ2) is 5.02. The third kappa shape index (κ3) is 2.85. The van der Waals surface area contributed by atoms with Crippen LogP contribution in [0.2, 0.25) is 0 Å². The average molecular weight is 282 g/mol. The van der Waals surface area contributed by atoms with E-state index in [9.17, 15) is 13.9 Å². The lowest BCUT2D eigenvalue weighted by molar-refractivity contribution is 0.213. The van der Waals surface area contributed by atoms with E-state index in [0.29, 0.717) is 4.88 Å². The zero-order chi connectivity index (χ0) is 14.2. The van der Waals surface area contributed by atoms with E-state index in [4.69, 9.17) is 0 Å². The summed E-state index contributed by atoms with van der Waals surface area (Å²) in [6.07, 6.45) is -1.26. The van der Waals surface area contributed by atoms with E-state index in [1.54, 1.807) is 6.07 Å². The van der Waals surface area contributed by atoms with Gasteiger partial charge in [0.25, 0.3) is 0 Å². The summed E-state index contributed by atoms with van der Waals surface area (Å²) in [4.78, 5) is 1.62. The summed E-state index contributed by atoms with van der Waals surface area (Å²) in [6, 6.07) is 7.21. The van der Waals surface area contributed by atoms with Gasteiger partial charge >= 0.3 is 0 Å². The number of aliphatic hydroxyl groups excluding tert-OH is 1. The lowest BCUT2D eigenvalue weighted by Crippen LogP contribution is -2.08. The Morgan fingerprint density at radius 1 is 1.05 bits per heavy atom. The van der Waals surface area contributed by atoms with Crippen LogP contribution < -0.4 is 0 Å². The lowest BCUT2D eigenvalue weighted by Gasteiger charge is -2.16. The molecule has 0 aliphatic heterocycles. The molecule has 0 aliphatic carbocycles. The van der Waals surface area contributed by atoms with Gasteiger partial charge in [-0.2, -0.15) is 0 Å². The maximum Gasteiger partial charge on any atom is 0.132 e. The first-order chi connectivity index (χ1) is 8.80. The van der Waals surface area contributed by atoms with Crippen LogP contribution >= 0.6 is 11.3 Å². The van der Waals surface area contributed by atoms with Crippen LogP contribution in [-0.4, -0.2) is 5.11 Å². The SMILES string of the molecule is CC(C)(C)c1ccc(C(O)c2c(F)cccc2F)s1. The largest absolute Gasteiger partial charge is 0.383 e. The van der Waals surface area contributed by atoms with Gasteiger partial charge in [-0.15, -0.1) is 11.3 Å². The lowest BCUT2D eigenvalue weighted by atomic mass is 9.95. The number of halogens is 2. The fraction of sp³-hybridized carbons (Fsp3) is 0.333. The molecule has 1 heterocycles. The Balaban J connectivity index is 2.40. The predicted octanol–water partition coefficient (Wildman–Crippen LogP) is 4.41. The van der Waals surface area contributed by atoms with Gasteiger partial charge in [-0.3, -0.25) is 0 Å². The van der Waals surface area contributed by atoms with Crippen molar-refractivity contribution in [3.05, 3.63) is 57.3 Å². The van der Waals surface area contributed by atoms with Gasteiger partial charge in [-0.1, -0.05) is 26.8 Å². The fourth-order valence-corrected chi connectivity index (χ4v) is 2.88. The molecular weight excluding hydrogens is 266 g/mol. The van der Waals surface area contributed by atoms with Crippen molar-refractivity contribution in [3.63, 3.8) is 0 Å². The van der Waals surface area contributed by atoms with Crippen molar-refractivity contribution >= 4 is 11.3 Å². The van der Waals surface area contributed by atoms with Gasteiger partial charge in [0.15, 0.2) is 0 Å². The summed E-state index contributed by atoms with van der Waals surface area (Å²) >= 11 is 1.38. The average Bonchev–Trinajstić information content (AvgIpc) is 2.77. The van der Waals surface area contributed by atoms with Gasteiger partial charge in [-0.25, -0.2) is 8.78 Å². The molecule has 0 aliphatic rings. The van der Waals surface area contributed by atoms with E-state index in [-0.39, 0.29) is 11.0 Å². The monoisotopic (exact) mass is 282 g/mol. The van der Waals surface area contributed by atoms with Crippen molar-refractivity contribution in [2.24, 2.45) is 0 Å². The zero-order valence-corrected chi connectivity index (χ0v) is 11.9. The van der Waals surface area contributed by atoms with Crippen molar-refractivity contribution in [2.45, 2.75) is 32.3 Å². The second-order valence-corrected chi connectivity index (χ2v) is 6.61. The van der Waals surface area contributed by atoms with Gasteiger partial charge in [0.1, 0.15) is 17.7 Å². The Labute approximate surface area is 115 Å².